The quantitative estimate of drug-likeness (QED) is 0.498. The van der Waals surface area contributed by atoms with Crippen molar-refractivity contribution < 1.29 is 0 Å². The van der Waals surface area contributed by atoms with Crippen LogP contribution < -0.4 is 0 Å². The van der Waals surface area contributed by atoms with E-state index in [1.807, 2.05) is 13.0 Å². The fourth-order valence-corrected chi connectivity index (χ4v) is 1.58. The van der Waals surface area contributed by atoms with Crippen molar-refractivity contribution in [1.82, 2.24) is 0 Å². The Balaban J connectivity index is 3.85. The molecule has 0 rings (SSSR count). The predicted molar refractivity (Wildman–Crippen MR) is 66.3 cm³/mol. The summed E-state index contributed by atoms with van der Waals surface area (Å²) in [7, 11) is 0. The predicted octanol–water partition coefficient (Wildman–Crippen LogP) is 4.51. The van der Waals surface area contributed by atoms with E-state index in [1.54, 1.807) is 0 Å². The molecule has 0 aromatic rings. The SMILES string of the molecule is C=C(C)[C@H](Br)CC/C(=C/CCl)CCl. The van der Waals surface area contributed by atoms with Crippen molar-refractivity contribution >= 4 is 39.1 Å². The summed E-state index contributed by atoms with van der Waals surface area (Å²) in [6.07, 6.45) is 4.00. The van der Waals surface area contributed by atoms with E-state index in [0.717, 1.165) is 18.4 Å². The minimum absolute atomic E-state index is 0.384. The molecule has 0 saturated heterocycles. The van der Waals surface area contributed by atoms with Gasteiger partial charge in [0.1, 0.15) is 0 Å². The van der Waals surface area contributed by atoms with Crippen LogP contribution in [0.2, 0.25) is 0 Å². The Bertz CT molecular complexity index is 187. The first kappa shape index (κ1) is 13.5. The molecule has 13 heavy (non-hydrogen) atoms. The van der Waals surface area contributed by atoms with Crippen LogP contribution in [0.25, 0.3) is 0 Å². The standard InChI is InChI=1S/C10H15BrCl2/c1-8(2)10(11)4-3-9(7-13)5-6-12/h5,10H,1,3-4,6-7H2,2H3/b9-5-/t10-/m1/s1. The summed E-state index contributed by atoms with van der Waals surface area (Å²) in [6, 6.07) is 0. The Morgan fingerprint density at radius 3 is 2.54 bits per heavy atom. The number of alkyl halides is 3. The third kappa shape index (κ3) is 6.59. The molecule has 1 atom stereocenters. The first-order chi connectivity index (χ1) is 6.11. The monoisotopic (exact) mass is 284 g/mol. The second-order valence-electron chi connectivity index (χ2n) is 3.00. The molecule has 0 radical (unpaired) electrons. The van der Waals surface area contributed by atoms with E-state index in [0.29, 0.717) is 16.6 Å². The molecule has 0 aromatic carbocycles. The topological polar surface area (TPSA) is 0 Å². The van der Waals surface area contributed by atoms with E-state index in [1.165, 1.54) is 5.57 Å². The molecule has 0 spiro atoms. The van der Waals surface area contributed by atoms with Crippen molar-refractivity contribution in [1.29, 1.82) is 0 Å². The zero-order valence-corrected chi connectivity index (χ0v) is 10.9. The molecule has 0 aliphatic carbocycles. The van der Waals surface area contributed by atoms with Crippen molar-refractivity contribution in [3.05, 3.63) is 23.8 Å². The second-order valence-corrected chi connectivity index (χ2v) is 4.68. The summed E-state index contributed by atoms with van der Waals surface area (Å²) in [4.78, 5) is 0.384. The fraction of sp³-hybridized carbons (Fsp3) is 0.600. The van der Waals surface area contributed by atoms with Crippen LogP contribution in [0, 0.1) is 0 Å². The molecular weight excluding hydrogens is 271 g/mol. The first-order valence-electron chi connectivity index (χ1n) is 4.21. The van der Waals surface area contributed by atoms with Crippen LogP contribution in [-0.2, 0) is 0 Å². The van der Waals surface area contributed by atoms with Crippen molar-refractivity contribution in [3.63, 3.8) is 0 Å². The summed E-state index contributed by atoms with van der Waals surface area (Å²) in [5.41, 5.74) is 2.36. The smallest absolute Gasteiger partial charge is 0.0433 e. The maximum absolute atomic E-state index is 5.74. The molecule has 3 heteroatoms. The minimum atomic E-state index is 0.384. The first-order valence-corrected chi connectivity index (χ1v) is 6.19. The highest BCUT2D eigenvalue weighted by atomic mass is 79.9. The van der Waals surface area contributed by atoms with Gasteiger partial charge in [-0.15, -0.1) is 23.2 Å². The molecule has 0 aromatic heterocycles. The zero-order valence-electron chi connectivity index (χ0n) is 7.82. The van der Waals surface area contributed by atoms with Gasteiger partial charge in [-0.1, -0.05) is 39.7 Å². The second kappa shape index (κ2) is 7.90. The molecule has 0 aliphatic heterocycles. The van der Waals surface area contributed by atoms with E-state index in [-0.39, 0.29) is 0 Å². The Kier molecular flexibility index (Phi) is 8.23. The highest BCUT2D eigenvalue weighted by Crippen LogP contribution is 2.19. The van der Waals surface area contributed by atoms with Crippen LogP contribution in [0.4, 0.5) is 0 Å². The van der Waals surface area contributed by atoms with E-state index in [9.17, 15) is 0 Å². The summed E-state index contributed by atoms with van der Waals surface area (Å²) in [5.74, 6) is 1.12. The summed E-state index contributed by atoms with van der Waals surface area (Å²) < 4.78 is 0. The summed E-state index contributed by atoms with van der Waals surface area (Å²) in [5, 5.41) is 0. The Morgan fingerprint density at radius 1 is 1.54 bits per heavy atom. The summed E-state index contributed by atoms with van der Waals surface area (Å²) in [6.45, 7) is 5.90. The van der Waals surface area contributed by atoms with Crippen LogP contribution >= 0.6 is 39.1 Å². The van der Waals surface area contributed by atoms with E-state index in [4.69, 9.17) is 23.2 Å². The van der Waals surface area contributed by atoms with Gasteiger partial charge in [0.2, 0.25) is 0 Å². The van der Waals surface area contributed by atoms with Crippen molar-refractivity contribution in [2.45, 2.75) is 24.6 Å². The van der Waals surface area contributed by atoms with Gasteiger partial charge in [0.05, 0.1) is 0 Å². The number of rotatable bonds is 6. The van der Waals surface area contributed by atoms with Gasteiger partial charge in [0, 0.05) is 16.6 Å². The third-order valence-electron chi connectivity index (χ3n) is 1.79. The van der Waals surface area contributed by atoms with Gasteiger partial charge in [0.15, 0.2) is 0 Å². The Morgan fingerprint density at radius 2 is 2.15 bits per heavy atom. The van der Waals surface area contributed by atoms with Gasteiger partial charge in [-0.2, -0.15) is 0 Å². The van der Waals surface area contributed by atoms with Crippen LogP contribution in [0.15, 0.2) is 23.8 Å². The van der Waals surface area contributed by atoms with E-state index < -0.39 is 0 Å². The van der Waals surface area contributed by atoms with Gasteiger partial charge in [-0.3, -0.25) is 0 Å². The normalized spacial score (nSPS) is 14.3. The lowest BCUT2D eigenvalue weighted by Gasteiger charge is -2.09. The van der Waals surface area contributed by atoms with Gasteiger partial charge in [-0.25, -0.2) is 0 Å². The number of hydrogen-bond acceptors (Lipinski definition) is 0. The molecule has 0 N–H and O–H groups in total. The lowest BCUT2D eigenvalue weighted by Crippen LogP contribution is -2.00. The van der Waals surface area contributed by atoms with Crippen molar-refractivity contribution in [2.75, 3.05) is 11.8 Å². The lowest BCUT2D eigenvalue weighted by atomic mass is 10.1. The lowest BCUT2D eigenvalue weighted by molar-refractivity contribution is 0.829. The van der Waals surface area contributed by atoms with Crippen LogP contribution in [-0.4, -0.2) is 16.6 Å². The van der Waals surface area contributed by atoms with Gasteiger partial charge >= 0.3 is 0 Å². The highest BCUT2D eigenvalue weighted by molar-refractivity contribution is 9.09. The molecule has 0 heterocycles. The number of hydrogen-bond donors (Lipinski definition) is 0. The van der Waals surface area contributed by atoms with Crippen LogP contribution in [0.3, 0.4) is 0 Å². The molecule has 0 bridgehead atoms. The highest BCUT2D eigenvalue weighted by Gasteiger charge is 2.05. The molecule has 0 fully saturated rings. The molecular formula is C10H15BrCl2. The third-order valence-corrected chi connectivity index (χ3v) is 3.53. The van der Waals surface area contributed by atoms with Gasteiger partial charge in [0.25, 0.3) is 0 Å². The molecule has 76 valence electrons. The fourth-order valence-electron chi connectivity index (χ4n) is 0.891. The Hall–Kier alpha value is 0.540. The van der Waals surface area contributed by atoms with Crippen LogP contribution in [0.1, 0.15) is 19.8 Å². The molecule has 0 unspecified atom stereocenters. The average Bonchev–Trinajstić information content (AvgIpc) is 2.11. The van der Waals surface area contributed by atoms with E-state index in [2.05, 4.69) is 22.5 Å². The molecule has 0 aliphatic rings. The number of allylic oxidation sites excluding steroid dienone is 3. The maximum Gasteiger partial charge on any atom is 0.0433 e. The Labute approximate surface area is 99.1 Å². The molecule has 0 saturated carbocycles. The maximum atomic E-state index is 5.74. The van der Waals surface area contributed by atoms with Crippen molar-refractivity contribution in [2.24, 2.45) is 0 Å². The van der Waals surface area contributed by atoms with Gasteiger partial charge < -0.3 is 0 Å². The molecule has 0 nitrogen and oxygen atoms in total. The van der Waals surface area contributed by atoms with Crippen LogP contribution in [0.5, 0.6) is 0 Å². The molecule has 0 amide bonds. The van der Waals surface area contributed by atoms with Gasteiger partial charge in [-0.05, 0) is 19.8 Å². The van der Waals surface area contributed by atoms with E-state index >= 15 is 0 Å². The average molecular weight is 286 g/mol. The minimum Gasteiger partial charge on any atom is -0.122 e. The number of halogens is 3. The van der Waals surface area contributed by atoms with Crippen molar-refractivity contribution in [3.8, 4) is 0 Å². The largest absolute Gasteiger partial charge is 0.122 e. The zero-order chi connectivity index (χ0) is 10.3. The summed E-state index contributed by atoms with van der Waals surface area (Å²) >= 11 is 14.9.